The van der Waals surface area contributed by atoms with Gasteiger partial charge in [0.05, 0.1) is 10.6 Å². The molecule has 0 aromatic carbocycles. The van der Waals surface area contributed by atoms with Crippen LogP contribution < -0.4 is 5.56 Å². The predicted octanol–water partition coefficient (Wildman–Crippen LogP) is 3.76. The van der Waals surface area contributed by atoms with Crippen LogP contribution in [-0.4, -0.2) is 39.7 Å². The first-order valence-corrected chi connectivity index (χ1v) is 10.4. The Labute approximate surface area is 156 Å². The summed E-state index contributed by atoms with van der Waals surface area (Å²) in [5, 5.41) is 1.17. The Bertz CT molecular complexity index is 863. The largest absolute Gasteiger partial charge is 0.348 e. The van der Waals surface area contributed by atoms with Gasteiger partial charge in [0.1, 0.15) is 4.83 Å². The molecule has 2 aromatic rings. The number of carbonyl (C=O) groups is 1. The van der Waals surface area contributed by atoms with Gasteiger partial charge in [0, 0.05) is 25.0 Å². The van der Waals surface area contributed by atoms with Crippen LogP contribution in [0.15, 0.2) is 9.95 Å². The van der Waals surface area contributed by atoms with Gasteiger partial charge >= 0.3 is 0 Å². The van der Waals surface area contributed by atoms with E-state index in [4.69, 9.17) is 4.98 Å². The van der Waals surface area contributed by atoms with E-state index in [0.29, 0.717) is 5.16 Å². The standard InChI is InChI=1S/C18H25N3O2S2/c1-10-11(2)24-15-14(10)17(23)21(13-8-6-7-9-13)18(19-15)25-12(3)16(22)20(4)5/h12-13H,6-9H2,1-5H3. The lowest BCUT2D eigenvalue weighted by atomic mass is 10.2. The lowest BCUT2D eigenvalue weighted by Crippen LogP contribution is -2.31. The van der Waals surface area contributed by atoms with Crippen molar-refractivity contribution in [1.29, 1.82) is 0 Å². The predicted molar refractivity (Wildman–Crippen MR) is 105 cm³/mol. The van der Waals surface area contributed by atoms with E-state index in [-0.39, 0.29) is 22.8 Å². The second-order valence-electron chi connectivity index (χ2n) is 6.96. The molecule has 136 valence electrons. The van der Waals surface area contributed by atoms with Crippen LogP contribution in [-0.2, 0) is 4.79 Å². The molecule has 0 spiro atoms. The molecule has 1 fully saturated rings. The molecule has 1 saturated carbocycles. The van der Waals surface area contributed by atoms with Crippen molar-refractivity contribution in [1.82, 2.24) is 14.5 Å². The van der Waals surface area contributed by atoms with Crippen LogP contribution in [0.5, 0.6) is 0 Å². The number of amides is 1. The zero-order valence-corrected chi connectivity index (χ0v) is 17.1. The second kappa shape index (κ2) is 7.11. The van der Waals surface area contributed by atoms with E-state index in [1.807, 2.05) is 25.3 Å². The molecule has 1 amide bonds. The van der Waals surface area contributed by atoms with Gasteiger partial charge in [-0.25, -0.2) is 4.98 Å². The number of carbonyl (C=O) groups excluding carboxylic acids is 1. The number of hydrogen-bond donors (Lipinski definition) is 0. The fourth-order valence-corrected chi connectivity index (χ4v) is 5.62. The Kier molecular flexibility index (Phi) is 5.25. The maximum atomic E-state index is 13.3. The monoisotopic (exact) mass is 379 g/mol. The summed E-state index contributed by atoms with van der Waals surface area (Å²) in [6, 6.07) is 0.202. The first kappa shape index (κ1) is 18.5. The molecule has 1 aliphatic rings. The normalized spacial score (nSPS) is 16.5. The average molecular weight is 380 g/mol. The minimum absolute atomic E-state index is 0.0378. The molecule has 2 heterocycles. The molecule has 1 aliphatic carbocycles. The number of hydrogen-bond acceptors (Lipinski definition) is 5. The highest BCUT2D eigenvalue weighted by Gasteiger charge is 2.27. The second-order valence-corrected chi connectivity index (χ2v) is 9.48. The van der Waals surface area contributed by atoms with Gasteiger partial charge in [0.15, 0.2) is 5.16 Å². The molecule has 0 N–H and O–H groups in total. The number of aromatic nitrogens is 2. The van der Waals surface area contributed by atoms with Gasteiger partial charge in [-0.3, -0.25) is 14.2 Å². The van der Waals surface area contributed by atoms with E-state index < -0.39 is 0 Å². The van der Waals surface area contributed by atoms with Gasteiger partial charge in [0.2, 0.25) is 5.91 Å². The zero-order valence-electron chi connectivity index (χ0n) is 15.5. The molecule has 0 radical (unpaired) electrons. The first-order valence-electron chi connectivity index (χ1n) is 8.71. The van der Waals surface area contributed by atoms with Crippen molar-refractivity contribution in [2.75, 3.05) is 14.1 Å². The van der Waals surface area contributed by atoms with Crippen LogP contribution >= 0.6 is 23.1 Å². The van der Waals surface area contributed by atoms with Gasteiger partial charge < -0.3 is 4.90 Å². The number of fused-ring (bicyclic) bond motifs is 1. The maximum Gasteiger partial charge on any atom is 0.263 e. The van der Waals surface area contributed by atoms with Gasteiger partial charge in [-0.15, -0.1) is 11.3 Å². The maximum absolute atomic E-state index is 13.3. The lowest BCUT2D eigenvalue weighted by Gasteiger charge is -2.21. The fourth-order valence-electron chi connectivity index (χ4n) is 3.43. The summed E-state index contributed by atoms with van der Waals surface area (Å²) in [5.41, 5.74) is 1.10. The van der Waals surface area contributed by atoms with Crippen molar-refractivity contribution < 1.29 is 4.79 Å². The van der Waals surface area contributed by atoms with E-state index in [9.17, 15) is 9.59 Å². The molecule has 0 saturated heterocycles. The number of aryl methyl sites for hydroxylation is 2. The Hall–Kier alpha value is -1.34. The molecular weight excluding hydrogens is 354 g/mol. The van der Waals surface area contributed by atoms with E-state index in [1.54, 1.807) is 30.3 Å². The molecular formula is C18H25N3O2S2. The minimum Gasteiger partial charge on any atom is -0.348 e. The summed E-state index contributed by atoms with van der Waals surface area (Å²) in [6.07, 6.45) is 4.32. The number of thiophene rings is 1. The average Bonchev–Trinajstić information content (AvgIpc) is 3.16. The highest BCUT2D eigenvalue weighted by atomic mass is 32.2. The van der Waals surface area contributed by atoms with Gasteiger partial charge in [-0.1, -0.05) is 24.6 Å². The molecule has 25 heavy (non-hydrogen) atoms. The molecule has 1 unspecified atom stereocenters. The van der Waals surface area contributed by atoms with Gasteiger partial charge in [0.25, 0.3) is 5.56 Å². The van der Waals surface area contributed by atoms with Gasteiger partial charge in [-0.05, 0) is 39.2 Å². The smallest absolute Gasteiger partial charge is 0.263 e. The van der Waals surface area contributed by atoms with Crippen LogP contribution in [0.25, 0.3) is 10.2 Å². The van der Waals surface area contributed by atoms with E-state index in [1.165, 1.54) is 11.8 Å². The highest BCUT2D eigenvalue weighted by Crippen LogP contribution is 2.35. The number of thioether (sulfide) groups is 1. The summed E-state index contributed by atoms with van der Waals surface area (Å²) in [6.45, 7) is 5.92. The van der Waals surface area contributed by atoms with Crippen LogP contribution in [0.4, 0.5) is 0 Å². The van der Waals surface area contributed by atoms with Crippen molar-refractivity contribution in [2.24, 2.45) is 0 Å². The lowest BCUT2D eigenvalue weighted by molar-refractivity contribution is -0.127. The van der Waals surface area contributed by atoms with E-state index in [2.05, 4.69) is 0 Å². The third-order valence-corrected chi connectivity index (χ3v) is 7.12. The summed E-state index contributed by atoms with van der Waals surface area (Å²) in [7, 11) is 3.51. The molecule has 0 bridgehead atoms. The molecule has 5 nitrogen and oxygen atoms in total. The molecule has 0 aliphatic heterocycles. The first-order chi connectivity index (χ1) is 11.8. The molecule has 2 aromatic heterocycles. The van der Waals surface area contributed by atoms with Crippen LogP contribution in [0.2, 0.25) is 0 Å². The van der Waals surface area contributed by atoms with Crippen LogP contribution in [0.1, 0.15) is 49.1 Å². The van der Waals surface area contributed by atoms with Crippen molar-refractivity contribution in [3.05, 3.63) is 20.8 Å². The van der Waals surface area contributed by atoms with Crippen molar-refractivity contribution >= 4 is 39.2 Å². The van der Waals surface area contributed by atoms with Gasteiger partial charge in [-0.2, -0.15) is 0 Å². The van der Waals surface area contributed by atoms with Crippen LogP contribution in [0.3, 0.4) is 0 Å². The topological polar surface area (TPSA) is 55.2 Å². The summed E-state index contributed by atoms with van der Waals surface area (Å²) >= 11 is 2.97. The third kappa shape index (κ3) is 3.36. The van der Waals surface area contributed by atoms with Crippen molar-refractivity contribution in [3.63, 3.8) is 0 Å². The number of rotatable bonds is 4. The zero-order chi connectivity index (χ0) is 18.3. The molecule has 3 rings (SSSR count). The quantitative estimate of drug-likeness (QED) is 0.599. The Morgan fingerprint density at radius 1 is 1.32 bits per heavy atom. The summed E-state index contributed by atoms with van der Waals surface area (Å²) in [5.74, 6) is 0.0378. The van der Waals surface area contributed by atoms with Crippen molar-refractivity contribution in [2.45, 2.75) is 62.9 Å². The Morgan fingerprint density at radius 3 is 2.56 bits per heavy atom. The summed E-state index contributed by atoms with van der Waals surface area (Å²) in [4.78, 5) is 33.9. The minimum atomic E-state index is -0.269. The number of nitrogens with zero attached hydrogens (tertiary/aromatic N) is 3. The highest BCUT2D eigenvalue weighted by molar-refractivity contribution is 8.00. The Balaban J connectivity index is 2.13. The molecule has 7 heteroatoms. The van der Waals surface area contributed by atoms with E-state index in [0.717, 1.165) is 46.3 Å². The summed E-state index contributed by atoms with van der Waals surface area (Å²) < 4.78 is 1.87. The van der Waals surface area contributed by atoms with Crippen molar-refractivity contribution in [3.8, 4) is 0 Å². The SMILES string of the molecule is Cc1sc2nc(SC(C)C(=O)N(C)C)n(C3CCCC3)c(=O)c2c1C. The third-order valence-electron chi connectivity index (χ3n) is 4.96. The fraction of sp³-hybridized carbons (Fsp3) is 0.611. The molecule has 1 atom stereocenters. The Morgan fingerprint density at radius 2 is 1.96 bits per heavy atom. The van der Waals surface area contributed by atoms with E-state index >= 15 is 0 Å². The van der Waals surface area contributed by atoms with Crippen LogP contribution in [0, 0.1) is 13.8 Å².